The van der Waals surface area contributed by atoms with E-state index in [2.05, 4.69) is 20.3 Å². The third-order valence-electron chi connectivity index (χ3n) is 5.40. The van der Waals surface area contributed by atoms with E-state index in [4.69, 9.17) is 5.73 Å². The number of piperidine rings is 1. The number of hydrogen-bond acceptors (Lipinski definition) is 6. The maximum atomic E-state index is 12.5. The molecule has 2 atom stereocenters. The van der Waals surface area contributed by atoms with Gasteiger partial charge in [0, 0.05) is 42.0 Å². The van der Waals surface area contributed by atoms with Gasteiger partial charge < -0.3 is 16.0 Å². The minimum absolute atomic E-state index is 0.200. The van der Waals surface area contributed by atoms with E-state index in [-0.39, 0.29) is 11.8 Å². The van der Waals surface area contributed by atoms with Gasteiger partial charge in [-0.25, -0.2) is 9.97 Å². The van der Waals surface area contributed by atoms with Crippen LogP contribution in [0.1, 0.15) is 33.1 Å². The Labute approximate surface area is 158 Å². The van der Waals surface area contributed by atoms with E-state index >= 15 is 0 Å². The first-order valence-corrected chi connectivity index (χ1v) is 9.41. The van der Waals surface area contributed by atoms with Gasteiger partial charge in [0.05, 0.1) is 16.9 Å². The number of amides is 1. The molecule has 2 unspecified atom stereocenters. The fourth-order valence-corrected chi connectivity index (χ4v) is 4.05. The lowest BCUT2D eigenvalue weighted by atomic mass is 10.1. The fourth-order valence-electron chi connectivity index (χ4n) is 4.05. The Balaban J connectivity index is 1.64. The number of allylic oxidation sites excluding steroid dienone is 1. The zero-order valence-electron chi connectivity index (χ0n) is 15.6. The molecule has 2 bridgehead atoms. The third kappa shape index (κ3) is 3.13. The molecule has 1 saturated heterocycles. The zero-order chi connectivity index (χ0) is 19.0. The number of nitrogens with one attached hydrogen (secondary N) is 1. The molecule has 7 nitrogen and oxygen atoms in total. The van der Waals surface area contributed by atoms with Crippen molar-refractivity contribution >= 4 is 34.2 Å². The molecule has 4 rings (SSSR count). The number of anilines is 2. The van der Waals surface area contributed by atoms with Crippen LogP contribution in [0.15, 0.2) is 41.3 Å². The lowest BCUT2D eigenvalue weighted by Gasteiger charge is -2.27. The first kappa shape index (κ1) is 17.5. The van der Waals surface area contributed by atoms with Gasteiger partial charge in [0.1, 0.15) is 0 Å². The second kappa shape index (κ2) is 6.98. The van der Waals surface area contributed by atoms with Crippen LogP contribution in [0.5, 0.6) is 0 Å². The van der Waals surface area contributed by atoms with Gasteiger partial charge in [-0.2, -0.15) is 0 Å². The van der Waals surface area contributed by atoms with Crippen molar-refractivity contribution in [3.63, 3.8) is 0 Å². The van der Waals surface area contributed by atoms with Crippen LogP contribution >= 0.6 is 0 Å². The number of carbonyl (C=O) groups excluding carboxylic acids is 1. The van der Waals surface area contributed by atoms with Crippen molar-refractivity contribution in [1.82, 2.24) is 9.97 Å². The molecule has 1 aromatic carbocycles. The van der Waals surface area contributed by atoms with Gasteiger partial charge in [0.25, 0.3) is 0 Å². The standard InChI is InChI=1S/C20H24N6O/c1-3-22-12(2)18(10-21)25-20-23-11-14-5-7-16(9-17(14)24-20)26-15-6-4-13(8-15)19(26)27/h5,7,9-11,13,15H,3-4,6,8,21H2,1-2H3,(H,23,24,25)/b18-10+,22-12?. The average Bonchev–Trinajstić information content (AvgIpc) is 3.27. The van der Waals surface area contributed by atoms with Crippen molar-refractivity contribution in [2.75, 3.05) is 16.8 Å². The summed E-state index contributed by atoms with van der Waals surface area (Å²) in [6, 6.07) is 6.26. The second-order valence-electron chi connectivity index (χ2n) is 7.07. The molecule has 2 heterocycles. The lowest BCUT2D eigenvalue weighted by Crippen LogP contribution is -2.36. The Morgan fingerprint density at radius 2 is 2.30 bits per heavy atom. The summed E-state index contributed by atoms with van der Waals surface area (Å²) in [5, 5.41) is 4.06. The highest BCUT2D eigenvalue weighted by Crippen LogP contribution is 2.41. The van der Waals surface area contributed by atoms with E-state index in [1.165, 1.54) is 6.20 Å². The summed E-state index contributed by atoms with van der Waals surface area (Å²) >= 11 is 0. The first-order chi connectivity index (χ1) is 13.1. The number of aliphatic imine (C=N–C) groups is 1. The Bertz CT molecular complexity index is 951. The molecule has 2 fully saturated rings. The van der Waals surface area contributed by atoms with E-state index in [9.17, 15) is 4.79 Å². The molecule has 2 aliphatic rings. The predicted octanol–water partition coefficient (Wildman–Crippen LogP) is 2.84. The molecule has 0 radical (unpaired) electrons. The molecular formula is C20H24N6O. The fraction of sp³-hybridized carbons (Fsp3) is 0.400. The molecule has 3 N–H and O–H groups in total. The number of hydrogen-bond donors (Lipinski definition) is 2. The van der Waals surface area contributed by atoms with Gasteiger partial charge in [-0.15, -0.1) is 0 Å². The molecule has 1 amide bonds. The van der Waals surface area contributed by atoms with Crippen molar-refractivity contribution in [3.05, 3.63) is 36.3 Å². The first-order valence-electron chi connectivity index (χ1n) is 9.41. The van der Waals surface area contributed by atoms with Crippen molar-refractivity contribution in [3.8, 4) is 0 Å². The highest BCUT2D eigenvalue weighted by Gasteiger charge is 2.45. The monoisotopic (exact) mass is 364 g/mol. The van der Waals surface area contributed by atoms with Crippen molar-refractivity contribution in [2.45, 2.75) is 39.2 Å². The molecule has 1 aromatic heterocycles. The molecule has 2 aromatic rings. The minimum Gasteiger partial charge on any atom is -0.403 e. The molecule has 140 valence electrons. The summed E-state index contributed by atoms with van der Waals surface area (Å²) in [6.07, 6.45) is 6.33. The van der Waals surface area contributed by atoms with E-state index in [0.717, 1.165) is 41.6 Å². The van der Waals surface area contributed by atoms with Crippen LogP contribution in [0.2, 0.25) is 0 Å². The van der Waals surface area contributed by atoms with E-state index in [0.29, 0.717) is 24.2 Å². The lowest BCUT2D eigenvalue weighted by molar-refractivity contribution is -0.121. The molecule has 0 spiro atoms. The number of fused-ring (bicyclic) bond motifs is 3. The van der Waals surface area contributed by atoms with Gasteiger partial charge >= 0.3 is 0 Å². The van der Waals surface area contributed by atoms with Crippen LogP contribution < -0.4 is 16.0 Å². The maximum absolute atomic E-state index is 12.5. The predicted molar refractivity (Wildman–Crippen MR) is 108 cm³/mol. The van der Waals surface area contributed by atoms with Gasteiger partial charge in [0.2, 0.25) is 11.9 Å². The van der Waals surface area contributed by atoms with Crippen LogP contribution in [0.4, 0.5) is 11.6 Å². The van der Waals surface area contributed by atoms with Crippen LogP contribution in [-0.2, 0) is 4.79 Å². The van der Waals surface area contributed by atoms with Gasteiger partial charge in [-0.05, 0) is 51.3 Å². The normalized spacial score (nSPS) is 22.7. The minimum atomic E-state index is 0.200. The summed E-state index contributed by atoms with van der Waals surface area (Å²) < 4.78 is 0. The molecule has 7 heteroatoms. The van der Waals surface area contributed by atoms with Crippen molar-refractivity contribution < 1.29 is 4.79 Å². The van der Waals surface area contributed by atoms with Crippen LogP contribution in [0.3, 0.4) is 0 Å². The topological polar surface area (TPSA) is 96.5 Å². The van der Waals surface area contributed by atoms with E-state index in [1.807, 2.05) is 36.9 Å². The van der Waals surface area contributed by atoms with Gasteiger partial charge in [-0.1, -0.05) is 0 Å². The van der Waals surface area contributed by atoms with E-state index in [1.54, 1.807) is 6.20 Å². The molecule has 1 aliphatic heterocycles. The molecule has 1 aliphatic carbocycles. The Hall–Kier alpha value is -2.96. The van der Waals surface area contributed by atoms with Gasteiger partial charge in [0.15, 0.2) is 0 Å². The quantitative estimate of drug-likeness (QED) is 0.795. The van der Waals surface area contributed by atoms with Gasteiger partial charge in [-0.3, -0.25) is 9.79 Å². The van der Waals surface area contributed by atoms with Crippen LogP contribution in [-0.4, -0.2) is 34.2 Å². The molecule has 1 saturated carbocycles. The summed E-state index contributed by atoms with van der Waals surface area (Å²) in [5.41, 5.74) is 8.91. The molecular weight excluding hydrogens is 340 g/mol. The average molecular weight is 364 g/mol. The smallest absolute Gasteiger partial charge is 0.230 e. The number of carbonyl (C=O) groups is 1. The van der Waals surface area contributed by atoms with Crippen LogP contribution in [0.25, 0.3) is 10.9 Å². The highest BCUT2D eigenvalue weighted by molar-refractivity contribution is 6.01. The molecule has 27 heavy (non-hydrogen) atoms. The van der Waals surface area contributed by atoms with Crippen molar-refractivity contribution in [2.24, 2.45) is 16.6 Å². The number of nitrogens with two attached hydrogens (primary N) is 1. The third-order valence-corrected chi connectivity index (χ3v) is 5.40. The maximum Gasteiger partial charge on any atom is 0.230 e. The Morgan fingerprint density at radius 1 is 1.44 bits per heavy atom. The SMILES string of the molecule is CCN=C(C)/C(=C\N)Nc1ncc2ccc(N3C(=O)C4CCC3C4)cc2n1. The summed E-state index contributed by atoms with van der Waals surface area (Å²) in [5.74, 6) is 0.903. The summed E-state index contributed by atoms with van der Waals surface area (Å²) in [7, 11) is 0. The largest absolute Gasteiger partial charge is 0.403 e. The number of aromatic nitrogens is 2. The highest BCUT2D eigenvalue weighted by atomic mass is 16.2. The van der Waals surface area contributed by atoms with E-state index < -0.39 is 0 Å². The second-order valence-corrected chi connectivity index (χ2v) is 7.07. The van der Waals surface area contributed by atoms with Crippen molar-refractivity contribution in [1.29, 1.82) is 0 Å². The summed E-state index contributed by atoms with van der Waals surface area (Å²) in [6.45, 7) is 4.54. The van der Waals surface area contributed by atoms with Crippen LogP contribution in [0, 0.1) is 5.92 Å². The Morgan fingerprint density at radius 3 is 3.00 bits per heavy atom. The number of benzene rings is 1. The number of rotatable bonds is 5. The zero-order valence-corrected chi connectivity index (χ0v) is 15.6. The summed E-state index contributed by atoms with van der Waals surface area (Å²) in [4.78, 5) is 27.8. The number of nitrogens with zero attached hydrogens (tertiary/aromatic N) is 4. The Kier molecular flexibility index (Phi) is 4.51.